The summed E-state index contributed by atoms with van der Waals surface area (Å²) in [6.07, 6.45) is 5.67. The van der Waals surface area contributed by atoms with E-state index >= 15 is 0 Å². The molecule has 4 nitrogen and oxygen atoms in total. The molecule has 4 aromatic heterocycles. The molecule has 0 atom stereocenters. The van der Waals surface area contributed by atoms with E-state index < -0.39 is 0 Å². The number of aryl methyl sites for hydroxylation is 1. The second-order valence-electron chi connectivity index (χ2n) is 24.9. The Morgan fingerprint density at radius 2 is 0.640 bits per heavy atom. The summed E-state index contributed by atoms with van der Waals surface area (Å²) in [5.74, 6) is 0. The van der Waals surface area contributed by atoms with Crippen LogP contribution in [0.1, 0.15) is 5.56 Å². The summed E-state index contributed by atoms with van der Waals surface area (Å²) < 4.78 is 6.63. The molecule has 0 amide bonds. The normalized spacial score (nSPS) is 11.2. The van der Waals surface area contributed by atoms with Crippen molar-refractivity contribution in [2.75, 3.05) is 0 Å². The molecule has 17 aromatic rings. The predicted molar refractivity (Wildman–Crippen MR) is 409 cm³/mol. The largest absolute Gasteiger partial charge is 3.00 e. The number of pyridine rings is 3. The van der Waals surface area contributed by atoms with Gasteiger partial charge in [0.2, 0.25) is 0 Å². The smallest absolute Gasteiger partial charge is 0.456 e. The first-order valence-corrected chi connectivity index (χ1v) is 33.6. The van der Waals surface area contributed by atoms with Crippen LogP contribution in [0.5, 0.6) is 0 Å². The topological polar surface area (TPSA) is 51.8 Å². The number of furan rings is 1. The molecule has 4 heterocycles. The van der Waals surface area contributed by atoms with Crippen molar-refractivity contribution >= 4 is 33.5 Å². The molecule has 0 fully saturated rings. The minimum Gasteiger partial charge on any atom is -0.456 e. The molecule has 0 aliphatic rings. The van der Waals surface area contributed by atoms with Crippen LogP contribution in [0.25, 0.3) is 178 Å². The molecule has 472 valence electrons. The van der Waals surface area contributed by atoms with Crippen molar-refractivity contribution < 1.29 is 24.5 Å². The summed E-state index contributed by atoms with van der Waals surface area (Å²) in [6, 6.07) is 125. The molecule has 0 aliphatic carbocycles. The third kappa shape index (κ3) is 12.3. The van der Waals surface area contributed by atoms with Crippen molar-refractivity contribution in [3.8, 4) is 156 Å². The zero-order valence-corrected chi connectivity index (χ0v) is 57.4. The number of benzene rings is 13. The van der Waals surface area contributed by atoms with Gasteiger partial charge in [-0.15, -0.1) is 71.3 Å². The molecule has 0 bridgehead atoms. The summed E-state index contributed by atoms with van der Waals surface area (Å²) in [5, 5.41) is 2.74. The average molecular weight is 1470 g/mol. The zero-order chi connectivity index (χ0) is 66.2. The van der Waals surface area contributed by atoms with Crippen molar-refractivity contribution in [2.24, 2.45) is 0 Å². The monoisotopic (exact) mass is 1470 g/mol. The standard InChI is InChI=1S/C94H59ClN3O.Ir/c1-61-51-92(98-60-89(61)65-25-9-4-10-26-65)70-39-46-83(86(59-70)67-41-48-94-88(56-67)87-55-66(40-47-93(87)99-94)62-35-42-74(95)43-36-62)80-32-16-13-29-77(80)73-53-71(75-27-11-14-30-78(75)81-44-37-68(90-33-17-19-49-96-90)57-84(81)63-21-5-2-6-22-63)52-72(54-73)76-28-12-15-31-79(76)82-45-38-69(91-34-18-20-50-97-91)58-85(82)64-23-7-3-8-24-64;/h2-36,40-60H,1H3;/q-3;+3. The van der Waals surface area contributed by atoms with Crippen LogP contribution < -0.4 is 0 Å². The Kier molecular flexibility index (Phi) is 17.3. The van der Waals surface area contributed by atoms with Crippen LogP contribution in [-0.4, -0.2) is 15.0 Å². The van der Waals surface area contributed by atoms with Crippen molar-refractivity contribution in [3.63, 3.8) is 0 Å². The molecule has 0 saturated carbocycles. The van der Waals surface area contributed by atoms with Crippen LogP contribution in [0, 0.1) is 25.1 Å². The van der Waals surface area contributed by atoms with Crippen LogP contribution in [0.3, 0.4) is 0 Å². The van der Waals surface area contributed by atoms with E-state index in [0.29, 0.717) is 5.02 Å². The molecule has 0 spiro atoms. The van der Waals surface area contributed by atoms with E-state index in [4.69, 9.17) is 31.0 Å². The van der Waals surface area contributed by atoms with Crippen molar-refractivity contribution in [3.05, 3.63) is 369 Å². The first-order chi connectivity index (χ1) is 48.9. The number of nitrogens with zero attached hydrogens (tertiary/aromatic N) is 3. The fourth-order valence-electron chi connectivity index (χ4n) is 14.0. The van der Waals surface area contributed by atoms with Gasteiger partial charge in [0.15, 0.2) is 0 Å². The van der Waals surface area contributed by atoms with Gasteiger partial charge in [0.1, 0.15) is 11.2 Å². The SMILES string of the molecule is Cc1cc(-c2[c-]cc(-c3ccccc3-c3cc(-c4ccccc4-c4c[c-]c(-c5ccccn5)cc4-c4ccccc4)cc(-c4ccccc4-c4c[c-]c(-c5ccccn5)cc4-c4ccccc4)c3)c(-c3ccc4oc5ccc(-c6ccc(Cl)cc6)cc5c4c3)c2)ncc1-c1ccccc1.[Ir+3]. The fraction of sp³-hybridized carbons (Fsp3) is 0.0106. The minimum absolute atomic E-state index is 0. The average Bonchev–Trinajstić information content (AvgIpc) is 1.21. The number of rotatable bonds is 14. The molecular weight excluding hydrogens is 1410 g/mol. The second-order valence-corrected chi connectivity index (χ2v) is 25.3. The Morgan fingerprint density at radius 3 is 1.07 bits per heavy atom. The first-order valence-electron chi connectivity index (χ1n) is 33.2. The van der Waals surface area contributed by atoms with Crippen LogP contribution in [-0.2, 0) is 20.1 Å². The van der Waals surface area contributed by atoms with E-state index in [1.165, 1.54) is 0 Å². The quantitative estimate of drug-likeness (QED) is 0.102. The van der Waals surface area contributed by atoms with Crippen molar-refractivity contribution in [1.82, 2.24) is 15.0 Å². The van der Waals surface area contributed by atoms with Crippen LogP contribution in [0.15, 0.2) is 345 Å². The molecule has 0 saturated heterocycles. The zero-order valence-electron chi connectivity index (χ0n) is 54.3. The second kappa shape index (κ2) is 27.5. The Hall–Kier alpha value is -12.0. The van der Waals surface area contributed by atoms with Gasteiger partial charge in [0.25, 0.3) is 0 Å². The van der Waals surface area contributed by atoms with E-state index in [1.807, 2.05) is 73.2 Å². The number of halogens is 1. The summed E-state index contributed by atoms with van der Waals surface area (Å²) in [5.41, 5.74) is 31.5. The van der Waals surface area contributed by atoms with Gasteiger partial charge in [-0.05, 0) is 163 Å². The van der Waals surface area contributed by atoms with Gasteiger partial charge in [0, 0.05) is 39.9 Å². The van der Waals surface area contributed by atoms with Gasteiger partial charge in [-0.25, -0.2) is 0 Å². The van der Waals surface area contributed by atoms with Gasteiger partial charge in [0.05, 0.1) is 0 Å². The molecule has 0 radical (unpaired) electrons. The van der Waals surface area contributed by atoms with Crippen LogP contribution in [0.4, 0.5) is 0 Å². The first kappa shape index (κ1) is 62.8. The third-order valence-electron chi connectivity index (χ3n) is 18.9. The van der Waals surface area contributed by atoms with Gasteiger partial charge in [-0.2, -0.15) is 0 Å². The number of hydrogen-bond acceptors (Lipinski definition) is 4. The molecule has 100 heavy (non-hydrogen) atoms. The molecular formula is C94H59ClIrN3O. The van der Waals surface area contributed by atoms with Crippen molar-refractivity contribution in [1.29, 1.82) is 0 Å². The van der Waals surface area contributed by atoms with E-state index in [9.17, 15) is 0 Å². The number of hydrogen-bond donors (Lipinski definition) is 0. The fourth-order valence-corrected chi connectivity index (χ4v) is 14.1. The minimum atomic E-state index is 0. The van der Waals surface area contributed by atoms with Gasteiger partial charge < -0.3 is 19.4 Å². The Balaban J connectivity index is 0.00000778. The summed E-state index contributed by atoms with van der Waals surface area (Å²) in [6.45, 7) is 2.16. The van der Waals surface area contributed by atoms with Gasteiger partial charge in [-0.1, -0.05) is 280 Å². The number of aromatic nitrogens is 3. The Morgan fingerprint density at radius 1 is 0.270 bits per heavy atom. The Bertz CT molecular complexity index is 5670. The van der Waals surface area contributed by atoms with Gasteiger partial charge in [-0.3, -0.25) is 0 Å². The maximum Gasteiger partial charge on any atom is 3.00 e. The summed E-state index contributed by atoms with van der Waals surface area (Å²) in [4.78, 5) is 14.7. The van der Waals surface area contributed by atoms with Crippen molar-refractivity contribution in [2.45, 2.75) is 6.92 Å². The van der Waals surface area contributed by atoms with E-state index in [-0.39, 0.29) is 20.1 Å². The summed E-state index contributed by atoms with van der Waals surface area (Å²) in [7, 11) is 0. The van der Waals surface area contributed by atoms with Gasteiger partial charge >= 0.3 is 20.1 Å². The maximum atomic E-state index is 6.63. The molecule has 0 N–H and O–H groups in total. The van der Waals surface area contributed by atoms with E-state index in [0.717, 1.165) is 184 Å². The van der Waals surface area contributed by atoms with E-state index in [1.54, 1.807) is 0 Å². The van der Waals surface area contributed by atoms with E-state index in [2.05, 4.69) is 292 Å². The molecule has 6 heteroatoms. The number of fused-ring (bicyclic) bond motifs is 3. The molecule has 0 aliphatic heterocycles. The molecule has 13 aromatic carbocycles. The third-order valence-corrected chi connectivity index (χ3v) is 19.1. The maximum absolute atomic E-state index is 6.63. The summed E-state index contributed by atoms with van der Waals surface area (Å²) >= 11 is 6.40. The predicted octanol–water partition coefficient (Wildman–Crippen LogP) is 25.5. The van der Waals surface area contributed by atoms with Crippen LogP contribution >= 0.6 is 11.6 Å². The van der Waals surface area contributed by atoms with Crippen LogP contribution in [0.2, 0.25) is 5.02 Å². The molecule has 0 unspecified atom stereocenters. The Labute approximate surface area is 600 Å². The molecule has 17 rings (SSSR count).